The zero-order valence-electron chi connectivity index (χ0n) is 12.2. The molecule has 6 nitrogen and oxygen atoms in total. The molecule has 1 aromatic carbocycles. The molecule has 3 rings (SSSR count). The predicted molar refractivity (Wildman–Crippen MR) is 83.1 cm³/mol. The number of hydrogen-bond donors (Lipinski definition) is 2. The van der Waals surface area contributed by atoms with E-state index in [4.69, 9.17) is 0 Å². The summed E-state index contributed by atoms with van der Waals surface area (Å²) in [5.74, 6) is 0.273. The predicted octanol–water partition coefficient (Wildman–Crippen LogP) is 2.51. The van der Waals surface area contributed by atoms with E-state index >= 15 is 0 Å². The second-order valence-corrected chi connectivity index (χ2v) is 5.30. The number of anilines is 2. The first-order chi connectivity index (χ1) is 10.6. The van der Waals surface area contributed by atoms with E-state index in [2.05, 4.69) is 20.6 Å². The van der Waals surface area contributed by atoms with Crippen LogP contribution in [-0.4, -0.2) is 27.7 Å². The lowest BCUT2D eigenvalue weighted by molar-refractivity contribution is 0.100. The van der Waals surface area contributed by atoms with E-state index < -0.39 is 0 Å². The number of ketones is 1. The highest BCUT2D eigenvalue weighted by Crippen LogP contribution is 2.23. The van der Waals surface area contributed by atoms with Crippen LogP contribution in [0, 0.1) is 0 Å². The molecular formula is C16H16N4O2. The average Bonchev–Trinajstić information content (AvgIpc) is 3.32. The second-order valence-electron chi connectivity index (χ2n) is 5.30. The summed E-state index contributed by atoms with van der Waals surface area (Å²) >= 11 is 0. The smallest absolute Gasteiger partial charge is 0.275 e. The molecular weight excluding hydrogens is 280 g/mol. The van der Waals surface area contributed by atoms with E-state index in [-0.39, 0.29) is 17.4 Å². The third-order valence-electron chi connectivity index (χ3n) is 3.34. The van der Waals surface area contributed by atoms with Crippen molar-refractivity contribution in [3.05, 3.63) is 47.9 Å². The van der Waals surface area contributed by atoms with Crippen LogP contribution in [0.25, 0.3) is 0 Å². The van der Waals surface area contributed by atoms with Crippen LogP contribution in [-0.2, 0) is 0 Å². The Morgan fingerprint density at radius 1 is 1.18 bits per heavy atom. The van der Waals surface area contributed by atoms with Crippen molar-refractivity contribution in [2.45, 2.75) is 25.8 Å². The minimum Gasteiger partial charge on any atom is -0.366 e. The van der Waals surface area contributed by atoms with Crippen LogP contribution in [0.5, 0.6) is 0 Å². The zero-order valence-corrected chi connectivity index (χ0v) is 12.2. The molecule has 22 heavy (non-hydrogen) atoms. The van der Waals surface area contributed by atoms with Gasteiger partial charge in [-0.3, -0.25) is 9.59 Å². The molecule has 0 saturated heterocycles. The summed E-state index contributed by atoms with van der Waals surface area (Å²) in [6.07, 6.45) is 5.29. The minimum atomic E-state index is -0.355. The summed E-state index contributed by atoms with van der Waals surface area (Å²) in [7, 11) is 0. The van der Waals surface area contributed by atoms with E-state index in [1.807, 2.05) is 0 Å². The highest BCUT2D eigenvalue weighted by atomic mass is 16.2. The third-order valence-corrected chi connectivity index (χ3v) is 3.34. The third kappa shape index (κ3) is 3.46. The van der Waals surface area contributed by atoms with Crippen LogP contribution in [0.1, 0.15) is 40.6 Å². The maximum atomic E-state index is 12.1. The molecule has 112 valence electrons. The largest absolute Gasteiger partial charge is 0.366 e. The normalized spacial score (nSPS) is 13.5. The van der Waals surface area contributed by atoms with Gasteiger partial charge in [0.1, 0.15) is 11.5 Å². The topological polar surface area (TPSA) is 84.0 Å². The fourth-order valence-corrected chi connectivity index (χ4v) is 1.97. The van der Waals surface area contributed by atoms with Gasteiger partial charge in [0, 0.05) is 17.3 Å². The molecule has 1 fully saturated rings. The molecule has 1 amide bonds. The lowest BCUT2D eigenvalue weighted by Crippen LogP contribution is -2.15. The van der Waals surface area contributed by atoms with Gasteiger partial charge in [-0.2, -0.15) is 0 Å². The van der Waals surface area contributed by atoms with Crippen LogP contribution in [0.2, 0.25) is 0 Å². The fourth-order valence-electron chi connectivity index (χ4n) is 1.97. The zero-order chi connectivity index (χ0) is 15.5. The Hall–Kier alpha value is -2.76. The van der Waals surface area contributed by atoms with Crippen molar-refractivity contribution in [2.24, 2.45) is 0 Å². The molecule has 0 aliphatic heterocycles. The number of amides is 1. The van der Waals surface area contributed by atoms with Gasteiger partial charge in [0.05, 0.1) is 12.4 Å². The number of rotatable bonds is 5. The molecule has 1 aromatic heterocycles. The Morgan fingerprint density at radius 3 is 2.64 bits per heavy atom. The number of carbonyl (C=O) groups is 2. The maximum Gasteiger partial charge on any atom is 0.275 e. The summed E-state index contributed by atoms with van der Waals surface area (Å²) < 4.78 is 0. The Kier molecular flexibility index (Phi) is 3.82. The molecule has 0 bridgehead atoms. The van der Waals surface area contributed by atoms with Crippen molar-refractivity contribution < 1.29 is 9.59 Å². The van der Waals surface area contributed by atoms with E-state index in [1.165, 1.54) is 13.1 Å². The van der Waals surface area contributed by atoms with Crippen LogP contribution in [0.4, 0.5) is 11.5 Å². The first kappa shape index (κ1) is 14.2. The van der Waals surface area contributed by atoms with Crippen LogP contribution < -0.4 is 10.6 Å². The van der Waals surface area contributed by atoms with Gasteiger partial charge in [-0.05, 0) is 31.9 Å². The number of nitrogens with zero attached hydrogens (tertiary/aromatic N) is 2. The van der Waals surface area contributed by atoms with E-state index in [1.54, 1.807) is 30.5 Å². The molecule has 0 radical (unpaired) electrons. The fraction of sp³-hybridized carbons (Fsp3) is 0.250. The van der Waals surface area contributed by atoms with Gasteiger partial charge in [0.15, 0.2) is 5.78 Å². The van der Waals surface area contributed by atoms with Crippen molar-refractivity contribution in [1.29, 1.82) is 0 Å². The van der Waals surface area contributed by atoms with Crippen LogP contribution >= 0.6 is 0 Å². The standard InChI is InChI=1S/C16H16N4O2/c1-10(21)11-3-2-4-13(7-11)20-16(22)14-8-18-15(9-17-14)19-12-5-6-12/h2-4,7-9,12H,5-6H2,1H3,(H,18,19)(H,20,22). The molecule has 2 N–H and O–H groups in total. The van der Waals surface area contributed by atoms with Gasteiger partial charge in [0.2, 0.25) is 0 Å². The van der Waals surface area contributed by atoms with Crippen molar-refractivity contribution in [1.82, 2.24) is 9.97 Å². The van der Waals surface area contributed by atoms with Gasteiger partial charge in [0.25, 0.3) is 5.91 Å². The Balaban J connectivity index is 1.68. The molecule has 1 heterocycles. The summed E-state index contributed by atoms with van der Waals surface area (Å²) in [5, 5.41) is 5.92. The highest BCUT2D eigenvalue weighted by Gasteiger charge is 2.21. The monoisotopic (exact) mass is 296 g/mol. The van der Waals surface area contributed by atoms with Gasteiger partial charge < -0.3 is 10.6 Å². The Labute approximate surface area is 128 Å². The number of Topliss-reactive ketones (excluding diaryl/α,β-unsaturated/α-hetero) is 1. The van der Waals surface area contributed by atoms with Gasteiger partial charge in [-0.25, -0.2) is 9.97 Å². The number of hydrogen-bond acceptors (Lipinski definition) is 5. The number of benzene rings is 1. The minimum absolute atomic E-state index is 0.0496. The molecule has 6 heteroatoms. The van der Waals surface area contributed by atoms with Crippen molar-refractivity contribution in [3.8, 4) is 0 Å². The molecule has 0 spiro atoms. The van der Waals surface area contributed by atoms with Crippen molar-refractivity contribution in [3.63, 3.8) is 0 Å². The van der Waals surface area contributed by atoms with Crippen molar-refractivity contribution >= 4 is 23.2 Å². The van der Waals surface area contributed by atoms with Gasteiger partial charge >= 0.3 is 0 Å². The van der Waals surface area contributed by atoms with E-state index in [0.717, 1.165) is 12.8 Å². The Morgan fingerprint density at radius 2 is 2.00 bits per heavy atom. The van der Waals surface area contributed by atoms with E-state index in [9.17, 15) is 9.59 Å². The van der Waals surface area contributed by atoms with Crippen molar-refractivity contribution in [2.75, 3.05) is 10.6 Å². The lowest BCUT2D eigenvalue weighted by atomic mass is 10.1. The van der Waals surface area contributed by atoms with Gasteiger partial charge in [-0.15, -0.1) is 0 Å². The second kappa shape index (κ2) is 5.93. The molecule has 1 aliphatic carbocycles. The molecule has 2 aromatic rings. The summed E-state index contributed by atoms with van der Waals surface area (Å²) in [5.41, 5.74) is 1.34. The molecule has 1 aliphatic rings. The summed E-state index contributed by atoms with van der Waals surface area (Å²) in [6, 6.07) is 7.28. The quantitative estimate of drug-likeness (QED) is 0.828. The summed E-state index contributed by atoms with van der Waals surface area (Å²) in [6.45, 7) is 1.48. The number of carbonyl (C=O) groups excluding carboxylic acids is 2. The lowest BCUT2D eigenvalue weighted by Gasteiger charge is -2.07. The van der Waals surface area contributed by atoms with Gasteiger partial charge in [-0.1, -0.05) is 12.1 Å². The molecule has 0 atom stereocenters. The first-order valence-corrected chi connectivity index (χ1v) is 7.13. The SMILES string of the molecule is CC(=O)c1cccc(NC(=O)c2cnc(NC3CC3)cn2)c1. The number of nitrogens with one attached hydrogen (secondary N) is 2. The molecule has 1 saturated carbocycles. The Bertz CT molecular complexity index is 708. The van der Waals surface area contributed by atoms with Crippen LogP contribution in [0.15, 0.2) is 36.7 Å². The van der Waals surface area contributed by atoms with E-state index in [0.29, 0.717) is 23.1 Å². The first-order valence-electron chi connectivity index (χ1n) is 7.13. The van der Waals surface area contributed by atoms with Crippen LogP contribution in [0.3, 0.4) is 0 Å². The molecule has 0 unspecified atom stereocenters. The highest BCUT2D eigenvalue weighted by molar-refractivity contribution is 6.03. The average molecular weight is 296 g/mol. The number of aromatic nitrogens is 2. The maximum absolute atomic E-state index is 12.1. The summed E-state index contributed by atoms with van der Waals surface area (Å²) in [4.78, 5) is 31.8.